The molecule has 2 heterocycles. The lowest BCUT2D eigenvalue weighted by Crippen LogP contribution is -2.41. The van der Waals surface area contributed by atoms with Crippen molar-refractivity contribution in [2.24, 2.45) is 15.0 Å². The van der Waals surface area contributed by atoms with Crippen molar-refractivity contribution < 1.29 is 19.5 Å². The molecule has 1 aliphatic heterocycles. The average molecular weight is 592 g/mol. The third kappa shape index (κ3) is 8.21. The molecular weight excluding hydrogens is 550 g/mol. The van der Waals surface area contributed by atoms with Crippen LogP contribution in [0.1, 0.15) is 25.7 Å². The minimum atomic E-state index is -0.705. The van der Waals surface area contributed by atoms with Crippen LogP contribution in [0.5, 0.6) is 5.75 Å². The molecule has 13 nitrogen and oxygen atoms in total. The molecule has 0 spiro atoms. The number of ether oxygens (including phenoxy) is 2. The van der Waals surface area contributed by atoms with Gasteiger partial charge in [-0.3, -0.25) is 29.9 Å². The van der Waals surface area contributed by atoms with Crippen molar-refractivity contribution in [2.45, 2.75) is 31.7 Å². The number of hydrogen-bond donors (Lipinski definition) is 2. The standard InChI is InChI=1S/C30H41N9O4/c1-31-19-23(30(40)36-41)20-33-21-37(3)13-14-39(24-7-5-6-8-24)29-26(32-2)28(38-15-17-43-18-16-38)34-27(35-29)22-9-11-25(42-4)12-10-22/h9-12,19-20,24,41H,1-2,5-8,13-18,21H2,3-4H3,(H,36,40)/b23-19+,33-20-. The van der Waals surface area contributed by atoms with Crippen LogP contribution in [0.15, 0.2) is 51.0 Å². The Morgan fingerprint density at radius 1 is 1.19 bits per heavy atom. The molecule has 2 N–H and O–H groups in total. The number of likely N-dealkylation sites (N-methyl/N-ethyl adjacent to an activating group) is 1. The van der Waals surface area contributed by atoms with Gasteiger partial charge in [0.1, 0.15) is 11.4 Å². The summed E-state index contributed by atoms with van der Waals surface area (Å²) in [6, 6.07) is 8.05. The van der Waals surface area contributed by atoms with Crippen molar-refractivity contribution in [1.82, 2.24) is 20.3 Å². The highest BCUT2D eigenvalue weighted by Crippen LogP contribution is 2.40. The Morgan fingerprint density at radius 3 is 2.53 bits per heavy atom. The molecule has 1 amide bonds. The average Bonchev–Trinajstić information content (AvgIpc) is 3.59. The summed E-state index contributed by atoms with van der Waals surface area (Å²) in [7, 11) is 3.60. The van der Waals surface area contributed by atoms with Crippen LogP contribution in [-0.2, 0) is 9.53 Å². The number of nitrogens with one attached hydrogen (secondary N) is 1. The number of nitrogens with zero attached hydrogens (tertiary/aromatic N) is 8. The lowest BCUT2D eigenvalue weighted by molar-refractivity contribution is -0.124. The van der Waals surface area contributed by atoms with Crippen molar-refractivity contribution in [1.29, 1.82) is 0 Å². The van der Waals surface area contributed by atoms with E-state index in [0.29, 0.717) is 63.6 Å². The number of benzene rings is 1. The van der Waals surface area contributed by atoms with Gasteiger partial charge in [0.2, 0.25) is 0 Å². The number of carbonyl (C=O) groups is 1. The molecule has 2 aromatic rings. The first-order valence-electron chi connectivity index (χ1n) is 14.4. The molecular formula is C30H41N9O4. The van der Waals surface area contributed by atoms with E-state index in [0.717, 1.165) is 48.6 Å². The number of morpholine rings is 1. The Kier molecular flexibility index (Phi) is 11.7. The number of rotatable bonds is 14. The van der Waals surface area contributed by atoms with Crippen LogP contribution in [0.3, 0.4) is 0 Å². The lowest BCUT2D eigenvalue weighted by Gasteiger charge is -2.35. The summed E-state index contributed by atoms with van der Waals surface area (Å²) < 4.78 is 11.0. The van der Waals surface area contributed by atoms with Crippen LogP contribution >= 0.6 is 0 Å². The van der Waals surface area contributed by atoms with E-state index in [1.165, 1.54) is 12.4 Å². The largest absolute Gasteiger partial charge is 0.497 e. The van der Waals surface area contributed by atoms with Gasteiger partial charge in [-0.1, -0.05) is 12.8 Å². The summed E-state index contributed by atoms with van der Waals surface area (Å²) in [5.74, 6) is 2.20. The highest BCUT2D eigenvalue weighted by Gasteiger charge is 2.30. The lowest BCUT2D eigenvalue weighted by atomic mass is 10.1. The second-order valence-corrected chi connectivity index (χ2v) is 10.4. The molecule has 2 fully saturated rings. The molecule has 43 heavy (non-hydrogen) atoms. The first kappa shape index (κ1) is 31.7. The summed E-state index contributed by atoms with van der Waals surface area (Å²) in [6.07, 6.45) is 7.04. The van der Waals surface area contributed by atoms with Crippen LogP contribution < -0.4 is 20.0 Å². The summed E-state index contributed by atoms with van der Waals surface area (Å²) >= 11 is 0. The van der Waals surface area contributed by atoms with Crippen molar-refractivity contribution in [3.8, 4) is 17.1 Å². The fourth-order valence-electron chi connectivity index (χ4n) is 5.26. The molecule has 1 saturated carbocycles. The zero-order valence-corrected chi connectivity index (χ0v) is 25.0. The Balaban J connectivity index is 1.65. The fraction of sp³-hybridized carbons (Fsp3) is 0.467. The molecule has 1 saturated heterocycles. The Hall–Kier alpha value is -4.20. The minimum Gasteiger partial charge on any atom is -0.497 e. The SMILES string of the molecule is C=N/C=C(\C=N/CN(C)CCN(c1nc(-c2ccc(OC)cc2)nc(N2CCOCC2)c1N=C)C1CCCC1)C(=O)NO. The maximum atomic E-state index is 11.8. The Morgan fingerprint density at radius 2 is 1.91 bits per heavy atom. The summed E-state index contributed by atoms with van der Waals surface area (Å²) in [5.41, 5.74) is 3.25. The van der Waals surface area contributed by atoms with Gasteiger partial charge >= 0.3 is 0 Å². The van der Waals surface area contributed by atoms with Crippen LogP contribution in [0, 0.1) is 0 Å². The zero-order valence-electron chi connectivity index (χ0n) is 25.0. The number of aromatic nitrogens is 2. The van der Waals surface area contributed by atoms with Crippen LogP contribution in [-0.4, -0.2) is 112 Å². The smallest absolute Gasteiger partial charge is 0.277 e. The second kappa shape index (κ2) is 15.9. The Bertz CT molecular complexity index is 1300. The van der Waals surface area contributed by atoms with Crippen LogP contribution in [0.4, 0.5) is 17.3 Å². The minimum absolute atomic E-state index is 0.0999. The molecule has 0 unspecified atom stereocenters. The quantitative estimate of drug-likeness (QED) is 0.147. The number of hydrogen-bond acceptors (Lipinski definition) is 12. The summed E-state index contributed by atoms with van der Waals surface area (Å²) in [4.78, 5) is 41.0. The van der Waals surface area contributed by atoms with E-state index >= 15 is 0 Å². The van der Waals surface area contributed by atoms with Gasteiger partial charge in [-0.15, -0.1) is 0 Å². The number of carbonyl (C=O) groups excluding carboxylic acids is 1. The predicted octanol–water partition coefficient (Wildman–Crippen LogP) is 3.12. The predicted molar refractivity (Wildman–Crippen MR) is 169 cm³/mol. The van der Waals surface area contributed by atoms with Crippen molar-refractivity contribution in [3.63, 3.8) is 0 Å². The number of hydroxylamine groups is 1. The molecule has 1 aromatic carbocycles. The molecule has 230 valence electrons. The maximum absolute atomic E-state index is 11.8. The van der Waals surface area contributed by atoms with Crippen molar-refractivity contribution in [3.05, 3.63) is 36.0 Å². The van der Waals surface area contributed by atoms with Gasteiger partial charge in [-0.25, -0.2) is 15.4 Å². The number of anilines is 2. The Labute approximate surface area is 252 Å². The van der Waals surface area contributed by atoms with Gasteiger partial charge in [0.25, 0.3) is 5.91 Å². The first-order valence-corrected chi connectivity index (χ1v) is 14.4. The van der Waals surface area contributed by atoms with E-state index in [1.54, 1.807) is 12.6 Å². The van der Waals surface area contributed by atoms with E-state index in [2.05, 4.69) is 38.2 Å². The molecule has 1 aliphatic carbocycles. The van der Waals surface area contributed by atoms with E-state index in [4.69, 9.17) is 24.6 Å². The normalized spacial score (nSPS) is 16.1. The van der Waals surface area contributed by atoms with Gasteiger partial charge in [-0.2, -0.15) is 0 Å². The van der Waals surface area contributed by atoms with Crippen molar-refractivity contribution >= 4 is 42.9 Å². The zero-order chi connectivity index (χ0) is 30.6. The molecule has 4 rings (SSSR count). The van der Waals surface area contributed by atoms with E-state index in [-0.39, 0.29) is 5.57 Å². The topological polar surface area (TPSA) is 140 Å². The van der Waals surface area contributed by atoms with Crippen LogP contribution in [0.2, 0.25) is 0 Å². The molecule has 1 aromatic heterocycles. The highest BCUT2D eigenvalue weighted by atomic mass is 16.5. The van der Waals surface area contributed by atoms with Gasteiger partial charge < -0.3 is 19.3 Å². The van der Waals surface area contributed by atoms with Gasteiger partial charge in [0.05, 0.1) is 32.6 Å². The molecule has 13 heteroatoms. The van der Waals surface area contributed by atoms with Gasteiger partial charge in [-0.05, 0) is 57.6 Å². The van der Waals surface area contributed by atoms with E-state index < -0.39 is 5.91 Å². The molecule has 2 aliphatic rings. The summed E-state index contributed by atoms with van der Waals surface area (Å²) in [5, 5.41) is 8.94. The molecule has 0 atom stereocenters. The molecule has 0 bridgehead atoms. The van der Waals surface area contributed by atoms with E-state index in [1.807, 2.05) is 36.2 Å². The van der Waals surface area contributed by atoms with Crippen molar-refractivity contribution in [2.75, 3.05) is 70.0 Å². The van der Waals surface area contributed by atoms with Gasteiger partial charge in [0.15, 0.2) is 17.5 Å². The highest BCUT2D eigenvalue weighted by molar-refractivity contribution is 6.11. The molecule has 0 radical (unpaired) electrons. The number of methoxy groups -OCH3 is 1. The number of aliphatic imine (C=N–C) groups is 3. The van der Waals surface area contributed by atoms with Gasteiger partial charge in [0, 0.05) is 50.2 Å². The van der Waals surface area contributed by atoms with Crippen LogP contribution in [0.25, 0.3) is 11.4 Å². The first-order chi connectivity index (χ1) is 21.0. The third-order valence-electron chi connectivity index (χ3n) is 7.57. The van der Waals surface area contributed by atoms with E-state index in [9.17, 15) is 4.79 Å². The number of amides is 1. The second-order valence-electron chi connectivity index (χ2n) is 10.4. The summed E-state index contributed by atoms with van der Waals surface area (Å²) in [6.45, 7) is 11.6. The fourth-order valence-corrected chi connectivity index (χ4v) is 5.26. The monoisotopic (exact) mass is 591 g/mol. The third-order valence-corrected chi connectivity index (χ3v) is 7.57. The maximum Gasteiger partial charge on any atom is 0.277 e.